The average Bonchev–Trinajstić information content (AvgIpc) is 3.28. The van der Waals surface area contributed by atoms with E-state index in [2.05, 4.69) is 16.9 Å². The van der Waals surface area contributed by atoms with E-state index in [-0.39, 0.29) is 17.7 Å². The van der Waals surface area contributed by atoms with Gasteiger partial charge in [-0.3, -0.25) is 14.6 Å². The second-order valence-electron chi connectivity index (χ2n) is 8.96. The van der Waals surface area contributed by atoms with E-state index in [4.69, 9.17) is 4.74 Å². The minimum Gasteiger partial charge on any atom is -0.478 e. The maximum absolute atomic E-state index is 13.0. The minimum absolute atomic E-state index is 0.102. The molecule has 3 rings (SSSR count). The van der Waals surface area contributed by atoms with Gasteiger partial charge in [-0.1, -0.05) is 19.1 Å². The summed E-state index contributed by atoms with van der Waals surface area (Å²) in [5.41, 5.74) is 0.958. The summed E-state index contributed by atoms with van der Waals surface area (Å²) < 4.78 is 31.8. The van der Waals surface area contributed by atoms with Crippen LogP contribution in [0.2, 0.25) is 0 Å². The first-order valence-electron chi connectivity index (χ1n) is 11.9. The number of carbonyl (C=O) groups is 2. The number of likely N-dealkylation sites (tertiary alicyclic amines) is 1. The Kier molecular flexibility index (Phi) is 8.88. The molecule has 2 atom stereocenters. The van der Waals surface area contributed by atoms with Gasteiger partial charge in [0.2, 0.25) is 5.91 Å². The van der Waals surface area contributed by atoms with E-state index in [0.717, 1.165) is 12.0 Å². The number of nitrogens with one attached hydrogen (secondary N) is 1. The van der Waals surface area contributed by atoms with Crippen molar-refractivity contribution in [3.63, 3.8) is 0 Å². The summed E-state index contributed by atoms with van der Waals surface area (Å²) in [5.74, 6) is 0.422. The first kappa shape index (κ1) is 25.9. The van der Waals surface area contributed by atoms with Crippen molar-refractivity contribution in [3.05, 3.63) is 47.7 Å². The van der Waals surface area contributed by atoms with Crippen molar-refractivity contribution in [3.8, 4) is 5.75 Å². The van der Waals surface area contributed by atoms with Gasteiger partial charge in [0.1, 0.15) is 5.75 Å². The lowest BCUT2D eigenvalue weighted by molar-refractivity contribution is -0.132. The number of hydrogen-bond acceptors (Lipinski definition) is 6. The number of rotatable bonds is 10. The lowest BCUT2D eigenvalue weighted by Gasteiger charge is -2.32. The molecule has 3 heterocycles. The van der Waals surface area contributed by atoms with Crippen LogP contribution in [-0.4, -0.2) is 61.1 Å². The van der Waals surface area contributed by atoms with Gasteiger partial charge in [0.15, 0.2) is 15.9 Å². The Hall–Kier alpha value is -2.68. The van der Waals surface area contributed by atoms with Gasteiger partial charge in [0, 0.05) is 49.1 Å². The van der Waals surface area contributed by atoms with E-state index in [9.17, 15) is 18.0 Å². The normalized spacial score (nSPS) is 19.8. The number of ether oxygens (including phenoxy) is 1. The number of amides is 2. The molecule has 0 bridgehead atoms. The Morgan fingerprint density at radius 2 is 2.09 bits per heavy atom. The van der Waals surface area contributed by atoms with Crippen LogP contribution in [0.1, 0.15) is 51.5 Å². The topological polar surface area (TPSA) is 106 Å². The average molecular weight is 490 g/mol. The van der Waals surface area contributed by atoms with Crippen LogP contribution in [0.25, 0.3) is 0 Å². The van der Waals surface area contributed by atoms with Crippen LogP contribution >= 0.6 is 0 Å². The Morgan fingerprint density at radius 1 is 1.35 bits per heavy atom. The Bertz CT molecular complexity index is 1000. The molecule has 0 aliphatic carbocycles. The molecule has 2 amide bonds. The van der Waals surface area contributed by atoms with Crippen LogP contribution in [0.3, 0.4) is 0 Å². The lowest BCUT2D eigenvalue weighted by Crippen LogP contribution is -2.42. The zero-order chi connectivity index (χ0) is 24.7. The molecule has 0 spiro atoms. The largest absolute Gasteiger partial charge is 0.478 e. The second kappa shape index (κ2) is 11.6. The van der Waals surface area contributed by atoms with Crippen molar-refractivity contribution in [1.82, 2.24) is 15.2 Å². The number of nitrogens with zero attached hydrogens (tertiary/aromatic N) is 2. The maximum atomic E-state index is 13.0. The highest BCUT2D eigenvalue weighted by atomic mass is 32.2. The highest BCUT2D eigenvalue weighted by molar-refractivity contribution is 7.95. The monoisotopic (exact) mass is 489 g/mol. The predicted octanol–water partition coefficient (Wildman–Crippen LogP) is 2.80. The van der Waals surface area contributed by atoms with Gasteiger partial charge in [-0.05, 0) is 44.6 Å². The molecular weight excluding hydrogens is 454 g/mol. The predicted molar refractivity (Wildman–Crippen MR) is 131 cm³/mol. The zero-order valence-corrected chi connectivity index (χ0v) is 20.9. The van der Waals surface area contributed by atoms with Crippen LogP contribution in [0.5, 0.6) is 5.75 Å². The Morgan fingerprint density at radius 3 is 2.74 bits per heavy atom. The number of pyridine rings is 1. The highest BCUT2D eigenvalue weighted by Crippen LogP contribution is 2.27. The molecule has 0 aromatic carbocycles. The quantitative estimate of drug-likeness (QED) is 0.507. The number of hydrogen-bond donors (Lipinski definition) is 1. The van der Waals surface area contributed by atoms with E-state index >= 15 is 0 Å². The molecule has 2 aliphatic rings. The molecular formula is C25H35N3O5S. The summed E-state index contributed by atoms with van der Waals surface area (Å²) in [6.45, 7) is 8.74. The summed E-state index contributed by atoms with van der Waals surface area (Å²) in [5, 5.41) is 2.42. The van der Waals surface area contributed by atoms with E-state index in [0.29, 0.717) is 62.4 Å². The number of sulfone groups is 1. The molecule has 1 saturated heterocycles. The van der Waals surface area contributed by atoms with Gasteiger partial charge in [0.25, 0.3) is 5.91 Å². The van der Waals surface area contributed by atoms with Gasteiger partial charge >= 0.3 is 0 Å². The van der Waals surface area contributed by atoms with Crippen molar-refractivity contribution >= 4 is 21.7 Å². The van der Waals surface area contributed by atoms with Crippen LogP contribution in [-0.2, 0) is 25.8 Å². The van der Waals surface area contributed by atoms with Crippen molar-refractivity contribution in [2.45, 2.75) is 63.7 Å². The first-order valence-corrected chi connectivity index (χ1v) is 13.5. The second-order valence-corrected chi connectivity index (χ2v) is 11.4. The van der Waals surface area contributed by atoms with Crippen LogP contribution in [0.15, 0.2) is 42.1 Å². The van der Waals surface area contributed by atoms with Crippen LogP contribution in [0, 0.1) is 5.92 Å². The molecule has 9 heteroatoms. The fourth-order valence-electron chi connectivity index (χ4n) is 4.32. The first-order chi connectivity index (χ1) is 16.3. The maximum Gasteiger partial charge on any atom is 0.261 e. The fourth-order valence-corrected chi connectivity index (χ4v) is 6.00. The molecule has 8 nitrogen and oxygen atoms in total. The van der Waals surface area contributed by atoms with Gasteiger partial charge < -0.3 is 15.0 Å². The third-order valence-electron chi connectivity index (χ3n) is 6.56. The van der Waals surface area contributed by atoms with E-state index in [1.807, 2.05) is 13.0 Å². The van der Waals surface area contributed by atoms with E-state index in [1.54, 1.807) is 36.4 Å². The number of piperidine rings is 1. The van der Waals surface area contributed by atoms with Crippen molar-refractivity contribution in [2.24, 2.45) is 5.92 Å². The SMILES string of the molecule is C=CC(C/C=C(\C)S(=O)(=O)C1CCN(C(=O)CCC)CC1)CNC(=O)C1Cc2ccncc2O1. The molecule has 2 unspecified atom stereocenters. The van der Waals surface area contributed by atoms with Gasteiger partial charge in [-0.15, -0.1) is 6.58 Å². The molecule has 1 aromatic heterocycles. The van der Waals surface area contributed by atoms with E-state index in [1.165, 1.54) is 0 Å². The number of carbonyl (C=O) groups excluding carboxylic acids is 2. The third kappa shape index (κ3) is 6.25. The summed E-state index contributed by atoms with van der Waals surface area (Å²) in [6.07, 6.45) is 9.32. The van der Waals surface area contributed by atoms with Gasteiger partial charge in [-0.25, -0.2) is 8.42 Å². The molecule has 186 valence electrons. The van der Waals surface area contributed by atoms with Gasteiger partial charge in [-0.2, -0.15) is 0 Å². The van der Waals surface area contributed by atoms with Crippen molar-refractivity contribution in [2.75, 3.05) is 19.6 Å². The van der Waals surface area contributed by atoms with E-state index < -0.39 is 21.2 Å². The molecule has 0 radical (unpaired) electrons. The molecule has 1 aromatic rings. The summed E-state index contributed by atoms with van der Waals surface area (Å²) >= 11 is 0. The molecule has 1 fully saturated rings. The van der Waals surface area contributed by atoms with Crippen molar-refractivity contribution < 1.29 is 22.7 Å². The Labute approximate surface area is 202 Å². The minimum atomic E-state index is -3.43. The van der Waals surface area contributed by atoms with Crippen LogP contribution in [0.4, 0.5) is 0 Å². The number of fused-ring (bicyclic) bond motifs is 1. The van der Waals surface area contributed by atoms with Gasteiger partial charge in [0.05, 0.1) is 11.4 Å². The zero-order valence-electron chi connectivity index (χ0n) is 20.0. The highest BCUT2D eigenvalue weighted by Gasteiger charge is 2.32. The fraction of sp³-hybridized carbons (Fsp3) is 0.560. The van der Waals surface area contributed by atoms with Crippen molar-refractivity contribution in [1.29, 1.82) is 0 Å². The standard InChI is InChI=1S/C25H35N3O5S/c1-4-6-24(29)28-13-10-21(11-14-28)34(31,32)18(3)7-8-19(5-2)16-27-25(30)22-15-20-9-12-26-17-23(20)33-22/h5,7,9,12,17,19,21-22H,2,4,6,8,10-11,13-16H2,1,3H3,(H,27,30)/b18-7+. The summed E-state index contributed by atoms with van der Waals surface area (Å²) in [6, 6.07) is 1.84. The van der Waals surface area contributed by atoms with Crippen LogP contribution < -0.4 is 10.1 Å². The molecule has 34 heavy (non-hydrogen) atoms. The number of aromatic nitrogens is 1. The summed E-state index contributed by atoms with van der Waals surface area (Å²) in [4.78, 5) is 30.7. The molecule has 0 saturated carbocycles. The third-order valence-corrected chi connectivity index (χ3v) is 8.98. The molecule has 1 N–H and O–H groups in total. The lowest BCUT2D eigenvalue weighted by atomic mass is 10.1. The smallest absolute Gasteiger partial charge is 0.261 e. The Balaban J connectivity index is 1.48. The summed E-state index contributed by atoms with van der Waals surface area (Å²) in [7, 11) is -3.43. The molecule has 2 aliphatic heterocycles. The number of allylic oxidation sites excluding steroid dienone is 2.